The molecule has 0 saturated carbocycles. The van der Waals surface area contributed by atoms with Crippen molar-refractivity contribution in [1.29, 1.82) is 0 Å². The lowest BCUT2D eigenvalue weighted by Crippen LogP contribution is -2.16. The van der Waals surface area contributed by atoms with E-state index >= 15 is 0 Å². The molecule has 0 radical (unpaired) electrons. The highest BCUT2D eigenvalue weighted by Gasteiger charge is 2.16. The van der Waals surface area contributed by atoms with Gasteiger partial charge in [0.05, 0.1) is 22.8 Å². The summed E-state index contributed by atoms with van der Waals surface area (Å²) >= 11 is 1.43. The number of anilines is 1. The number of hydrogen-bond acceptors (Lipinski definition) is 5. The molecule has 0 spiro atoms. The van der Waals surface area contributed by atoms with Crippen LogP contribution in [0.2, 0.25) is 0 Å². The van der Waals surface area contributed by atoms with Gasteiger partial charge in [0, 0.05) is 13.2 Å². The summed E-state index contributed by atoms with van der Waals surface area (Å²) in [6, 6.07) is 5.84. The molecular weight excluding hydrogens is 258 g/mol. The van der Waals surface area contributed by atoms with Crippen LogP contribution in [0, 0.1) is 0 Å². The van der Waals surface area contributed by atoms with Gasteiger partial charge in [-0.25, -0.2) is 4.98 Å². The molecule has 0 saturated heterocycles. The molecule has 0 aliphatic rings. The zero-order valence-electron chi connectivity index (χ0n) is 11.3. The zero-order valence-corrected chi connectivity index (χ0v) is 12.1. The van der Waals surface area contributed by atoms with Crippen molar-refractivity contribution >= 4 is 22.8 Å². The molecule has 0 amide bonds. The molecule has 100 valence electrons. The number of pyridine rings is 1. The van der Waals surface area contributed by atoms with Crippen LogP contribution in [-0.2, 0) is 6.54 Å². The van der Waals surface area contributed by atoms with Crippen molar-refractivity contribution in [3.8, 4) is 0 Å². The van der Waals surface area contributed by atoms with Gasteiger partial charge >= 0.3 is 0 Å². The summed E-state index contributed by atoms with van der Waals surface area (Å²) in [6.07, 6.45) is 2.67. The Morgan fingerprint density at radius 3 is 2.74 bits per heavy atom. The van der Waals surface area contributed by atoms with Gasteiger partial charge in [-0.3, -0.25) is 9.78 Å². The minimum atomic E-state index is 0.258. The lowest BCUT2D eigenvalue weighted by atomic mass is 10.1. The predicted molar refractivity (Wildman–Crippen MR) is 77.9 cm³/mol. The standard InChI is InChI=1S/C14H17N3OS/c1-10(2)13-12(9-18)19-14(16-13)17(3)8-11-6-4-5-7-15-11/h4-7,9-10H,8H2,1-3H3. The molecule has 19 heavy (non-hydrogen) atoms. The third-order valence-corrected chi connectivity index (χ3v) is 3.89. The third kappa shape index (κ3) is 3.17. The van der Waals surface area contributed by atoms with E-state index in [1.54, 1.807) is 6.20 Å². The van der Waals surface area contributed by atoms with E-state index in [1.807, 2.05) is 44.0 Å². The average molecular weight is 275 g/mol. The number of rotatable bonds is 5. The molecule has 2 aromatic heterocycles. The van der Waals surface area contributed by atoms with E-state index in [0.717, 1.165) is 27.7 Å². The van der Waals surface area contributed by atoms with Crippen LogP contribution in [0.25, 0.3) is 0 Å². The van der Waals surface area contributed by atoms with Gasteiger partial charge in [0.1, 0.15) is 0 Å². The highest BCUT2D eigenvalue weighted by Crippen LogP contribution is 2.29. The summed E-state index contributed by atoms with van der Waals surface area (Å²) in [6.45, 7) is 4.78. The number of aldehydes is 1. The van der Waals surface area contributed by atoms with Gasteiger partial charge in [-0.05, 0) is 18.1 Å². The Bertz CT molecular complexity index is 551. The maximum Gasteiger partial charge on any atom is 0.186 e. The van der Waals surface area contributed by atoms with E-state index in [0.29, 0.717) is 6.54 Å². The van der Waals surface area contributed by atoms with Gasteiger partial charge in [0.15, 0.2) is 11.4 Å². The largest absolute Gasteiger partial charge is 0.345 e. The normalized spacial score (nSPS) is 10.7. The van der Waals surface area contributed by atoms with Gasteiger partial charge in [-0.1, -0.05) is 31.3 Å². The van der Waals surface area contributed by atoms with Crippen molar-refractivity contribution in [2.45, 2.75) is 26.3 Å². The fourth-order valence-electron chi connectivity index (χ4n) is 1.80. The highest BCUT2D eigenvalue weighted by atomic mass is 32.1. The fraction of sp³-hybridized carbons (Fsp3) is 0.357. The van der Waals surface area contributed by atoms with Crippen LogP contribution in [0.5, 0.6) is 0 Å². The second kappa shape index (κ2) is 5.93. The van der Waals surface area contributed by atoms with Crippen LogP contribution in [-0.4, -0.2) is 23.3 Å². The summed E-state index contributed by atoms with van der Waals surface area (Å²) < 4.78 is 0. The van der Waals surface area contributed by atoms with E-state index in [-0.39, 0.29) is 5.92 Å². The Morgan fingerprint density at radius 2 is 2.21 bits per heavy atom. The fourth-order valence-corrected chi connectivity index (χ4v) is 2.79. The van der Waals surface area contributed by atoms with Crippen molar-refractivity contribution in [2.24, 2.45) is 0 Å². The summed E-state index contributed by atoms with van der Waals surface area (Å²) in [5, 5.41) is 0.858. The van der Waals surface area contributed by atoms with E-state index in [4.69, 9.17) is 0 Å². The highest BCUT2D eigenvalue weighted by molar-refractivity contribution is 7.17. The van der Waals surface area contributed by atoms with Gasteiger partial charge in [-0.15, -0.1) is 0 Å². The Hall–Kier alpha value is -1.75. The molecule has 2 heterocycles. The summed E-state index contributed by atoms with van der Waals surface area (Å²) in [7, 11) is 1.96. The molecular formula is C14H17N3OS. The van der Waals surface area contributed by atoms with Crippen LogP contribution in [0.4, 0.5) is 5.13 Å². The first kappa shape index (κ1) is 13.7. The Kier molecular flexibility index (Phi) is 4.27. The second-order valence-electron chi connectivity index (χ2n) is 4.70. The molecule has 0 bridgehead atoms. The van der Waals surface area contributed by atoms with E-state index < -0.39 is 0 Å². The number of aromatic nitrogens is 2. The van der Waals surface area contributed by atoms with E-state index in [2.05, 4.69) is 9.97 Å². The molecule has 4 nitrogen and oxygen atoms in total. The van der Waals surface area contributed by atoms with Crippen molar-refractivity contribution in [1.82, 2.24) is 9.97 Å². The number of carbonyl (C=O) groups excluding carboxylic acids is 1. The molecule has 0 N–H and O–H groups in total. The van der Waals surface area contributed by atoms with Crippen LogP contribution < -0.4 is 4.90 Å². The average Bonchev–Trinajstić information content (AvgIpc) is 2.84. The molecule has 0 aliphatic heterocycles. The molecule has 0 fully saturated rings. The quantitative estimate of drug-likeness (QED) is 0.787. The van der Waals surface area contributed by atoms with Crippen molar-refractivity contribution in [3.63, 3.8) is 0 Å². The van der Waals surface area contributed by atoms with Crippen molar-refractivity contribution in [3.05, 3.63) is 40.7 Å². The first-order valence-electron chi connectivity index (χ1n) is 6.18. The number of thiazole rings is 1. The Morgan fingerprint density at radius 1 is 1.42 bits per heavy atom. The van der Waals surface area contributed by atoms with Crippen LogP contribution in [0.3, 0.4) is 0 Å². The number of hydrogen-bond donors (Lipinski definition) is 0. The van der Waals surface area contributed by atoms with Crippen LogP contribution in [0.1, 0.15) is 40.8 Å². The Labute approximate surface area is 117 Å². The lowest BCUT2D eigenvalue weighted by molar-refractivity contribution is 0.112. The van der Waals surface area contributed by atoms with Gasteiger partial charge < -0.3 is 4.90 Å². The van der Waals surface area contributed by atoms with Crippen molar-refractivity contribution in [2.75, 3.05) is 11.9 Å². The van der Waals surface area contributed by atoms with Crippen LogP contribution >= 0.6 is 11.3 Å². The van der Waals surface area contributed by atoms with Crippen LogP contribution in [0.15, 0.2) is 24.4 Å². The maximum atomic E-state index is 11.1. The molecule has 0 unspecified atom stereocenters. The molecule has 0 atom stereocenters. The van der Waals surface area contributed by atoms with Gasteiger partial charge in [0.25, 0.3) is 0 Å². The topological polar surface area (TPSA) is 46.1 Å². The smallest absolute Gasteiger partial charge is 0.186 e. The maximum absolute atomic E-state index is 11.1. The first-order chi connectivity index (χ1) is 9.11. The minimum Gasteiger partial charge on any atom is -0.345 e. The molecule has 0 aromatic carbocycles. The van der Waals surface area contributed by atoms with Gasteiger partial charge in [-0.2, -0.15) is 0 Å². The monoisotopic (exact) mass is 275 g/mol. The minimum absolute atomic E-state index is 0.258. The first-order valence-corrected chi connectivity index (χ1v) is 7.00. The molecule has 2 rings (SSSR count). The lowest BCUT2D eigenvalue weighted by Gasteiger charge is -2.14. The SMILES string of the molecule is CC(C)c1nc(N(C)Cc2ccccn2)sc1C=O. The van der Waals surface area contributed by atoms with E-state index in [1.165, 1.54) is 11.3 Å². The van der Waals surface area contributed by atoms with E-state index in [9.17, 15) is 4.79 Å². The Balaban J connectivity index is 2.20. The van der Waals surface area contributed by atoms with Gasteiger partial charge in [0.2, 0.25) is 0 Å². The zero-order chi connectivity index (χ0) is 13.8. The molecule has 5 heteroatoms. The summed E-state index contributed by atoms with van der Waals surface area (Å²) in [4.78, 5) is 22.7. The third-order valence-electron chi connectivity index (χ3n) is 2.78. The number of carbonyl (C=O) groups is 1. The van der Waals surface area contributed by atoms with Crippen molar-refractivity contribution < 1.29 is 4.79 Å². The predicted octanol–water partition coefficient (Wildman–Crippen LogP) is 3.11. The summed E-state index contributed by atoms with van der Waals surface area (Å²) in [5.74, 6) is 0.258. The molecule has 2 aromatic rings. The molecule has 0 aliphatic carbocycles. The summed E-state index contributed by atoms with van der Waals surface area (Å²) in [5.41, 5.74) is 1.86. The second-order valence-corrected chi connectivity index (χ2v) is 5.70. The number of nitrogens with zero attached hydrogens (tertiary/aromatic N) is 3.